The summed E-state index contributed by atoms with van der Waals surface area (Å²) in [5.41, 5.74) is 1.12. The molecule has 1 amide bonds. The molecule has 1 atom stereocenters. The van der Waals surface area contributed by atoms with Gasteiger partial charge in [0.05, 0.1) is 25.8 Å². The summed E-state index contributed by atoms with van der Waals surface area (Å²) in [4.78, 5) is 33.5. The summed E-state index contributed by atoms with van der Waals surface area (Å²) in [6.07, 6.45) is 3.90. The summed E-state index contributed by atoms with van der Waals surface area (Å²) >= 11 is 0. The number of hydrogen-bond donors (Lipinski definition) is 1. The number of hydrogen-bond acceptors (Lipinski definition) is 7. The Morgan fingerprint density at radius 3 is 2.39 bits per heavy atom. The number of nitrogens with zero attached hydrogens (tertiary/aromatic N) is 3. The lowest BCUT2D eigenvalue weighted by Crippen LogP contribution is -2.32. The van der Waals surface area contributed by atoms with Gasteiger partial charge in [-0.15, -0.1) is 0 Å². The smallest absolute Gasteiger partial charge is 0.295 e. The molecular formula is C23H27N3O5. The molecule has 1 aromatic heterocycles. The first kappa shape index (κ1) is 22.3. The summed E-state index contributed by atoms with van der Waals surface area (Å²) < 4.78 is 10.6. The van der Waals surface area contributed by atoms with Crippen LogP contribution in [0, 0.1) is 0 Å². The van der Waals surface area contributed by atoms with E-state index in [4.69, 9.17) is 9.47 Å². The van der Waals surface area contributed by atoms with Crippen LogP contribution in [0.15, 0.2) is 48.3 Å². The topological polar surface area (TPSA) is 92.2 Å². The average molecular weight is 425 g/mol. The maximum atomic E-state index is 13.0. The highest BCUT2D eigenvalue weighted by Gasteiger charge is 2.45. The van der Waals surface area contributed by atoms with Gasteiger partial charge in [-0.1, -0.05) is 0 Å². The number of aromatic nitrogens is 1. The summed E-state index contributed by atoms with van der Waals surface area (Å²) in [6, 6.07) is 7.65. The first-order valence-electron chi connectivity index (χ1n) is 9.94. The molecule has 1 aliphatic rings. The van der Waals surface area contributed by atoms with Crippen LogP contribution in [-0.2, 0) is 9.59 Å². The Bertz CT molecular complexity index is 988. The van der Waals surface area contributed by atoms with Crippen molar-refractivity contribution in [3.63, 3.8) is 0 Å². The van der Waals surface area contributed by atoms with E-state index in [2.05, 4.69) is 4.98 Å². The number of benzene rings is 1. The Hall–Kier alpha value is -3.39. The van der Waals surface area contributed by atoms with Crippen LogP contribution in [0.1, 0.15) is 23.6 Å². The van der Waals surface area contributed by atoms with Crippen LogP contribution in [0.5, 0.6) is 11.5 Å². The SMILES string of the molecule is COc1ccc(/C(O)=C2\C(=O)C(=O)N(CCCN(C)C)C2c2ccncc2)cc1OC. The fourth-order valence-corrected chi connectivity index (χ4v) is 3.70. The van der Waals surface area contributed by atoms with Gasteiger partial charge in [-0.05, 0) is 63.0 Å². The minimum Gasteiger partial charge on any atom is -0.507 e. The Morgan fingerprint density at radius 2 is 1.77 bits per heavy atom. The standard InChI is InChI=1S/C23H27N3O5/c1-25(2)12-5-13-26-20(15-8-10-24-11-9-15)19(22(28)23(26)29)21(27)16-6-7-17(30-3)18(14-16)31-4/h6-11,14,20,27H,5,12-13H2,1-4H3/b21-19+. The van der Waals surface area contributed by atoms with Crippen molar-refractivity contribution in [1.82, 2.24) is 14.8 Å². The number of amides is 1. The Morgan fingerprint density at radius 1 is 1.10 bits per heavy atom. The van der Waals surface area contributed by atoms with Crippen LogP contribution in [0.25, 0.3) is 5.76 Å². The number of carbonyl (C=O) groups is 2. The maximum absolute atomic E-state index is 13.0. The second kappa shape index (κ2) is 9.61. The van der Waals surface area contributed by atoms with Crippen LogP contribution in [0.4, 0.5) is 0 Å². The summed E-state index contributed by atoms with van der Waals surface area (Å²) in [7, 11) is 6.90. The van der Waals surface area contributed by atoms with Gasteiger partial charge in [0.1, 0.15) is 5.76 Å². The fraction of sp³-hybridized carbons (Fsp3) is 0.348. The van der Waals surface area contributed by atoms with Crippen molar-refractivity contribution in [3.05, 3.63) is 59.4 Å². The highest BCUT2D eigenvalue weighted by atomic mass is 16.5. The third kappa shape index (κ3) is 4.54. The minimum absolute atomic E-state index is 0.0493. The van der Waals surface area contributed by atoms with Gasteiger partial charge in [-0.25, -0.2) is 0 Å². The molecule has 31 heavy (non-hydrogen) atoms. The summed E-state index contributed by atoms with van der Waals surface area (Å²) in [5.74, 6) is -0.682. The first-order valence-corrected chi connectivity index (χ1v) is 9.94. The zero-order chi connectivity index (χ0) is 22.5. The maximum Gasteiger partial charge on any atom is 0.295 e. The zero-order valence-electron chi connectivity index (χ0n) is 18.2. The van der Waals surface area contributed by atoms with Gasteiger partial charge in [-0.2, -0.15) is 0 Å². The summed E-state index contributed by atoms with van der Waals surface area (Å²) in [5, 5.41) is 11.1. The van der Waals surface area contributed by atoms with Crippen molar-refractivity contribution >= 4 is 17.4 Å². The molecule has 0 radical (unpaired) electrons. The van der Waals surface area contributed by atoms with E-state index >= 15 is 0 Å². The molecule has 1 aromatic carbocycles. The van der Waals surface area contributed by atoms with Crippen molar-refractivity contribution in [3.8, 4) is 11.5 Å². The van der Waals surface area contributed by atoms with E-state index < -0.39 is 17.7 Å². The molecule has 0 saturated carbocycles. The van der Waals surface area contributed by atoms with E-state index in [9.17, 15) is 14.7 Å². The molecule has 1 saturated heterocycles. The quantitative estimate of drug-likeness (QED) is 0.395. The monoisotopic (exact) mass is 425 g/mol. The second-order valence-electron chi connectivity index (χ2n) is 7.50. The predicted octanol–water partition coefficient (Wildman–Crippen LogP) is 2.47. The number of ketones is 1. The average Bonchev–Trinajstić information content (AvgIpc) is 3.03. The number of ether oxygens (including phenoxy) is 2. The summed E-state index contributed by atoms with van der Waals surface area (Å²) in [6.45, 7) is 1.15. The molecule has 1 aliphatic heterocycles. The predicted molar refractivity (Wildman–Crippen MR) is 116 cm³/mol. The lowest BCUT2D eigenvalue weighted by Gasteiger charge is -2.25. The minimum atomic E-state index is -0.709. The van der Waals surface area contributed by atoms with Crippen LogP contribution >= 0.6 is 0 Å². The molecule has 164 valence electrons. The molecule has 8 nitrogen and oxygen atoms in total. The third-order valence-electron chi connectivity index (χ3n) is 5.22. The van der Waals surface area contributed by atoms with E-state index in [1.807, 2.05) is 19.0 Å². The van der Waals surface area contributed by atoms with Crippen molar-refractivity contribution in [1.29, 1.82) is 0 Å². The molecule has 1 N–H and O–H groups in total. The van der Waals surface area contributed by atoms with Crippen molar-refractivity contribution in [2.75, 3.05) is 41.4 Å². The van der Waals surface area contributed by atoms with Gasteiger partial charge >= 0.3 is 0 Å². The molecule has 3 rings (SSSR count). The van der Waals surface area contributed by atoms with Gasteiger partial charge in [0.2, 0.25) is 0 Å². The highest BCUT2D eigenvalue weighted by Crippen LogP contribution is 2.40. The molecular weight excluding hydrogens is 398 g/mol. The number of Topliss-reactive ketones (excluding diaryl/α,β-unsaturated/α-hetero) is 1. The number of rotatable bonds is 8. The van der Waals surface area contributed by atoms with Gasteiger partial charge in [0, 0.05) is 24.5 Å². The molecule has 0 aliphatic carbocycles. The van der Waals surface area contributed by atoms with Crippen LogP contribution in [0.2, 0.25) is 0 Å². The van der Waals surface area contributed by atoms with E-state index in [0.29, 0.717) is 35.6 Å². The Kier molecular flexibility index (Phi) is 6.91. The largest absolute Gasteiger partial charge is 0.507 e. The molecule has 0 spiro atoms. The van der Waals surface area contributed by atoms with Gasteiger partial charge in [-0.3, -0.25) is 14.6 Å². The number of carbonyl (C=O) groups excluding carboxylic acids is 2. The van der Waals surface area contributed by atoms with E-state index in [-0.39, 0.29) is 11.3 Å². The fourth-order valence-electron chi connectivity index (χ4n) is 3.70. The van der Waals surface area contributed by atoms with Gasteiger partial charge in [0.25, 0.3) is 11.7 Å². The second-order valence-corrected chi connectivity index (χ2v) is 7.50. The number of aliphatic hydroxyl groups excluding tert-OH is 1. The van der Waals surface area contributed by atoms with E-state index in [1.54, 1.807) is 42.7 Å². The molecule has 2 aromatic rings. The van der Waals surface area contributed by atoms with Crippen molar-refractivity contribution in [2.45, 2.75) is 12.5 Å². The Balaban J connectivity index is 2.09. The number of methoxy groups -OCH3 is 2. The Labute approximate surface area is 181 Å². The van der Waals surface area contributed by atoms with Gasteiger partial charge in [0.15, 0.2) is 11.5 Å². The number of pyridine rings is 1. The third-order valence-corrected chi connectivity index (χ3v) is 5.22. The van der Waals surface area contributed by atoms with Crippen molar-refractivity contribution < 1.29 is 24.2 Å². The first-order chi connectivity index (χ1) is 14.9. The lowest BCUT2D eigenvalue weighted by molar-refractivity contribution is -0.139. The van der Waals surface area contributed by atoms with E-state index in [1.165, 1.54) is 19.1 Å². The van der Waals surface area contributed by atoms with Crippen LogP contribution in [0.3, 0.4) is 0 Å². The highest BCUT2D eigenvalue weighted by molar-refractivity contribution is 6.46. The zero-order valence-corrected chi connectivity index (χ0v) is 18.2. The van der Waals surface area contributed by atoms with Crippen LogP contribution < -0.4 is 9.47 Å². The molecule has 1 fully saturated rings. The van der Waals surface area contributed by atoms with Crippen molar-refractivity contribution in [2.24, 2.45) is 0 Å². The normalized spacial score (nSPS) is 18.0. The molecule has 1 unspecified atom stereocenters. The van der Waals surface area contributed by atoms with Crippen LogP contribution in [-0.4, -0.2) is 73.0 Å². The number of aliphatic hydroxyl groups is 1. The number of likely N-dealkylation sites (tertiary alicyclic amines) is 1. The van der Waals surface area contributed by atoms with Gasteiger partial charge < -0.3 is 24.4 Å². The molecule has 8 heteroatoms. The molecule has 0 bridgehead atoms. The van der Waals surface area contributed by atoms with E-state index in [0.717, 1.165) is 6.54 Å². The lowest BCUT2D eigenvalue weighted by atomic mass is 9.95. The molecule has 2 heterocycles.